The van der Waals surface area contributed by atoms with Crippen LogP contribution in [0.3, 0.4) is 0 Å². The van der Waals surface area contributed by atoms with E-state index in [1.165, 1.54) is 128 Å². The molecule has 3 aliphatic heterocycles. The molecular weight excluding hydrogens is 951 g/mol. The molecule has 3 fully saturated rings. The molecular formula is C54H103NO18. The van der Waals surface area contributed by atoms with Gasteiger partial charge in [0.2, 0.25) is 5.91 Å². The molecule has 17 unspecified atom stereocenters. The van der Waals surface area contributed by atoms with Crippen LogP contribution in [0.15, 0.2) is 0 Å². The first-order chi connectivity index (χ1) is 35.3. The van der Waals surface area contributed by atoms with Gasteiger partial charge >= 0.3 is 0 Å². The zero-order chi connectivity index (χ0) is 53.4. The first-order valence-corrected chi connectivity index (χ1v) is 28.8. The van der Waals surface area contributed by atoms with E-state index < -0.39 is 124 Å². The normalized spacial score (nSPS) is 31.7. The first kappa shape index (κ1) is 66.1. The summed E-state index contributed by atoms with van der Waals surface area (Å²) >= 11 is 0. The third-order valence-corrected chi connectivity index (χ3v) is 14.9. The number of aliphatic hydroxyl groups is 11. The SMILES string of the molecule is CCCCCCCCCCCCCCCCCCCCC(O)C(COC1OC(CO)C(OC2OC(CO)C(OC3OC(CO)C(O)C(O)C3O)C(O)C2O)C(O)C1O)NC(=O)CCCCCCCCCCCC. The summed E-state index contributed by atoms with van der Waals surface area (Å²) in [4.78, 5) is 13.2. The molecule has 19 heteroatoms. The lowest BCUT2D eigenvalue weighted by molar-refractivity contribution is -0.379. The summed E-state index contributed by atoms with van der Waals surface area (Å²) in [5.41, 5.74) is 0. The number of hydrogen-bond donors (Lipinski definition) is 12. The molecule has 3 heterocycles. The summed E-state index contributed by atoms with van der Waals surface area (Å²) in [5.74, 6) is -0.243. The summed E-state index contributed by atoms with van der Waals surface area (Å²) in [6.45, 7) is 1.77. The average molecular weight is 1050 g/mol. The maximum atomic E-state index is 13.2. The van der Waals surface area contributed by atoms with Crippen LogP contribution in [0.25, 0.3) is 0 Å². The minimum absolute atomic E-state index is 0.243. The van der Waals surface area contributed by atoms with Gasteiger partial charge in [-0.1, -0.05) is 187 Å². The summed E-state index contributed by atoms with van der Waals surface area (Å²) in [6, 6.07) is -0.878. The van der Waals surface area contributed by atoms with E-state index in [0.717, 1.165) is 44.9 Å². The Bertz CT molecular complexity index is 1350. The Morgan fingerprint density at radius 1 is 0.438 bits per heavy atom. The first-order valence-electron chi connectivity index (χ1n) is 28.8. The van der Waals surface area contributed by atoms with Crippen LogP contribution in [0.2, 0.25) is 0 Å². The molecule has 1 amide bonds. The van der Waals surface area contributed by atoms with E-state index in [4.69, 9.17) is 28.4 Å². The fraction of sp³-hybridized carbons (Fsp3) is 0.981. The monoisotopic (exact) mass is 1050 g/mol. The van der Waals surface area contributed by atoms with E-state index in [1.54, 1.807) is 0 Å². The van der Waals surface area contributed by atoms with Crippen LogP contribution >= 0.6 is 0 Å². The van der Waals surface area contributed by atoms with Gasteiger partial charge in [-0.15, -0.1) is 0 Å². The smallest absolute Gasteiger partial charge is 0.220 e. The van der Waals surface area contributed by atoms with E-state index in [9.17, 15) is 61.0 Å². The third-order valence-electron chi connectivity index (χ3n) is 14.9. The number of aliphatic hydroxyl groups excluding tert-OH is 11. The zero-order valence-electron chi connectivity index (χ0n) is 44.6. The lowest BCUT2D eigenvalue weighted by Gasteiger charge is -2.48. The van der Waals surface area contributed by atoms with Crippen molar-refractivity contribution < 1.29 is 89.4 Å². The van der Waals surface area contributed by atoms with Crippen molar-refractivity contribution in [3.8, 4) is 0 Å². The predicted molar refractivity (Wildman–Crippen MR) is 273 cm³/mol. The number of carbonyl (C=O) groups is 1. The number of hydrogen-bond acceptors (Lipinski definition) is 18. The highest BCUT2D eigenvalue weighted by molar-refractivity contribution is 5.76. The largest absolute Gasteiger partial charge is 0.394 e. The Hall–Kier alpha value is -1.21. The van der Waals surface area contributed by atoms with Gasteiger partial charge in [0.25, 0.3) is 0 Å². The van der Waals surface area contributed by atoms with Crippen LogP contribution in [0, 0.1) is 0 Å². The average Bonchev–Trinajstić information content (AvgIpc) is 3.39. The van der Waals surface area contributed by atoms with Crippen molar-refractivity contribution in [2.75, 3.05) is 26.4 Å². The van der Waals surface area contributed by atoms with Crippen molar-refractivity contribution in [1.82, 2.24) is 5.32 Å². The van der Waals surface area contributed by atoms with E-state index in [-0.39, 0.29) is 18.9 Å². The number of carbonyl (C=O) groups excluding carboxylic acids is 1. The van der Waals surface area contributed by atoms with E-state index >= 15 is 0 Å². The molecule has 0 saturated carbocycles. The molecule has 12 N–H and O–H groups in total. The summed E-state index contributed by atoms with van der Waals surface area (Å²) in [6.07, 6.45) is 7.74. The van der Waals surface area contributed by atoms with Crippen molar-refractivity contribution >= 4 is 5.91 Å². The Morgan fingerprint density at radius 3 is 1.19 bits per heavy atom. The van der Waals surface area contributed by atoms with Crippen LogP contribution in [0.4, 0.5) is 0 Å². The van der Waals surface area contributed by atoms with Gasteiger partial charge in [-0.2, -0.15) is 0 Å². The van der Waals surface area contributed by atoms with E-state index in [1.807, 2.05) is 0 Å². The Kier molecular flexibility index (Phi) is 35.5. The van der Waals surface area contributed by atoms with Crippen molar-refractivity contribution in [1.29, 1.82) is 0 Å². The van der Waals surface area contributed by atoms with Crippen LogP contribution in [0.5, 0.6) is 0 Å². The molecule has 0 aromatic carbocycles. The van der Waals surface area contributed by atoms with Crippen molar-refractivity contribution in [3.63, 3.8) is 0 Å². The van der Waals surface area contributed by atoms with Gasteiger partial charge in [0.15, 0.2) is 18.9 Å². The van der Waals surface area contributed by atoms with E-state index in [2.05, 4.69) is 19.2 Å². The third kappa shape index (κ3) is 24.1. The molecule has 0 aromatic heterocycles. The summed E-state index contributed by atoms with van der Waals surface area (Å²) in [5, 5.41) is 120. The lowest BCUT2D eigenvalue weighted by atomic mass is 9.96. The van der Waals surface area contributed by atoms with E-state index in [0.29, 0.717) is 12.8 Å². The van der Waals surface area contributed by atoms with Crippen molar-refractivity contribution in [2.45, 2.75) is 311 Å². The van der Waals surface area contributed by atoms with Gasteiger partial charge in [0.05, 0.1) is 38.6 Å². The highest BCUT2D eigenvalue weighted by atomic mass is 16.8. The van der Waals surface area contributed by atoms with Crippen molar-refractivity contribution in [3.05, 3.63) is 0 Å². The Morgan fingerprint density at radius 2 is 0.781 bits per heavy atom. The second-order valence-corrected chi connectivity index (χ2v) is 21.1. The standard InChI is InChI=1S/C54H103NO18/c1-3-5-7-9-11-13-15-16-17-18-19-20-21-22-23-25-27-29-31-38(59)37(55-42(60)32-30-28-26-24-14-12-10-8-6-4-2)36-68-52-48(66)45(63)50(40(34-57)70-52)73-54-49(67)46(64)51(41(35-58)71-54)72-53-47(65)44(62)43(61)39(33-56)69-53/h37-41,43-54,56-59,61-67H,3-36H2,1-2H3,(H,55,60). The number of rotatable bonds is 42. The second-order valence-electron chi connectivity index (χ2n) is 21.1. The minimum Gasteiger partial charge on any atom is -0.394 e. The maximum Gasteiger partial charge on any atom is 0.220 e. The van der Waals surface area contributed by atoms with Gasteiger partial charge < -0.3 is 89.9 Å². The molecule has 19 nitrogen and oxygen atoms in total. The van der Waals surface area contributed by atoms with Gasteiger partial charge in [-0.05, 0) is 12.8 Å². The molecule has 432 valence electrons. The Balaban J connectivity index is 1.50. The molecule has 0 aromatic rings. The van der Waals surface area contributed by atoms with Gasteiger partial charge in [0, 0.05) is 6.42 Å². The molecule has 3 rings (SSSR count). The van der Waals surface area contributed by atoms with Gasteiger partial charge in [-0.3, -0.25) is 4.79 Å². The van der Waals surface area contributed by atoms with Gasteiger partial charge in [-0.25, -0.2) is 0 Å². The van der Waals surface area contributed by atoms with Gasteiger partial charge in [0.1, 0.15) is 73.2 Å². The molecule has 0 bridgehead atoms. The molecule has 0 spiro atoms. The number of ether oxygens (including phenoxy) is 6. The minimum atomic E-state index is -1.97. The van der Waals surface area contributed by atoms with Crippen LogP contribution in [-0.2, 0) is 33.2 Å². The molecule has 73 heavy (non-hydrogen) atoms. The van der Waals surface area contributed by atoms with Crippen LogP contribution in [0.1, 0.15) is 206 Å². The number of amides is 1. The second kappa shape index (κ2) is 39.2. The number of nitrogens with one attached hydrogen (secondary N) is 1. The molecule has 3 aliphatic rings. The molecule has 0 aliphatic carbocycles. The molecule has 3 saturated heterocycles. The highest BCUT2D eigenvalue weighted by Gasteiger charge is 2.53. The fourth-order valence-corrected chi connectivity index (χ4v) is 10.1. The van der Waals surface area contributed by atoms with Crippen LogP contribution < -0.4 is 5.32 Å². The lowest BCUT2D eigenvalue weighted by Crippen LogP contribution is -2.66. The zero-order valence-corrected chi connectivity index (χ0v) is 44.6. The number of unbranched alkanes of at least 4 members (excludes halogenated alkanes) is 26. The maximum absolute atomic E-state index is 13.2. The highest BCUT2D eigenvalue weighted by Crippen LogP contribution is 2.33. The molecule has 17 atom stereocenters. The quantitative estimate of drug-likeness (QED) is 0.0384. The fourth-order valence-electron chi connectivity index (χ4n) is 10.1. The molecule has 0 radical (unpaired) electrons. The Labute approximate surface area is 436 Å². The topological polar surface area (TPSA) is 307 Å². The van der Waals surface area contributed by atoms with Crippen molar-refractivity contribution in [2.24, 2.45) is 0 Å². The summed E-state index contributed by atoms with van der Waals surface area (Å²) < 4.78 is 34.2. The summed E-state index contributed by atoms with van der Waals surface area (Å²) in [7, 11) is 0. The predicted octanol–water partition coefficient (Wildman–Crippen LogP) is 4.04. The van der Waals surface area contributed by atoms with Crippen LogP contribution in [-0.4, -0.2) is 193 Å².